The molecule has 3 atom stereocenters. The number of nitrogens with zero attached hydrogens (tertiary/aromatic N) is 4. The molecule has 0 fully saturated rings. The predicted octanol–water partition coefficient (Wildman–Crippen LogP) is 4.12. The fraction of sp³-hybridized carbons (Fsp3) is 0.560. The highest BCUT2D eigenvalue weighted by Gasteiger charge is 2.47. The van der Waals surface area contributed by atoms with Crippen molar-refractivity contribution in [2.75, 3.05) is 20.1 Å². The summed E-state index contributed by atoms with van der Waals surface area (Å²) in [6.45, 7) is 11.3. The van der Waals surface area contributed by atoms with Crippen LogP contribution in [0.2, 0.25) is 0 Å². The van der Waals surface area contributed by atoms with Crippen LogP contribution in [0.4, 0.5) is 15.3 Å². The number of benzene rings is 1. The standard InChI is InChI=1S/C25H35N5O6/c1-8-29(24(33)34)19-13-15(2)30(7,16(3)31)20-10-9-17(14-18(19)20)22-27-21(36-28-22)11-12-26-23(32)35-25(4,5)6/h9-10,14-15,19H,8,11-13H2,1-7H3,(H-,26,32,33,34)/p+1/t15-,19+,30?/m0/s1. The molecular weight excluding hydrogens is 466 g/mol. The molecule has 3 amide bonds. The van der Waals surface area contributed by atoms with Crippen LogP contribution < -0.4 is 9.80 Å². The minimum absolute atomic E-state index is 0.0207. The zero-order valence-electron chi connectivity index (χ0n) is 22.0. The number of amides is 3. The van der Waals surface area contributed by atoms with E-state index in [1.165, 1.54) is 4.90 Å². The van der Waals surface area contributed by atoms with E-state index in [2.05, 4.69) is 15.5 Å². The third-order valence-corrected chi connectivity index (χ3v) is 6.68. The highest BCUT2D eigenvalue weighted by Crippen LogP contribution is 2.45. The van der Waals surface area contributed by atoms with Crippen molar-refractivity contribution in [1.29, 1.82) is 0 Å². The Kier molecular flexibility index (Phi) is 7.73. The molecule has 1 aromatic heterocycles. The Hall–Kier alpha value is -3.47. The largest absolute Gasteiger partial charge is 0.465 e. The lowest BCUT2D eigenvalue weighted by Crippen LogP contribution is -2.60. The van der Waals surface area contributed by atoms with E-state index in [4.69, 9.17) is 9.26 Å². The Bertz CT molecular complexity index is 1140. The number of hydrogen-bond acceptors (Lipinski definition) is 7. The van der Waals surface area contributed by atoms with Crippen LogP contribution in [-0.4, -0.2) is 70.0 Å². The van der Waals surface area contributed by atoms with E-state index in [0.29, 0.717) is 36.7 Å². The first-order valence-corrected chi connectivity index (χ1v) is 12.1. The van der Waals surface area contributed by atoms with Crippen molar-refractivity contribution in [1.82, 2.24) is 24.8 Å². The van der Waals surface area contributed by atoms with E-state index in [1.807, 2.05) is 32.2 Å². The van der Waals surface area contributed by atoms with E-state index >= 15 is 0 Å². The molecule has 11 nitrogen and oxygen atoms in total. The molecule has 2 heterocycles. The van der Waals surface area contributed by atoms with Crippen molar-refractivity contribution in [3.05, 3.63) is 29.7 Å². The number of fused-ring (bicyclic) bond motifs is 1. The van der Waals surface area contributed by atoms with Crippen LogP contribution in [0.5, 0.6) is 0 Å². The van der Waals surface area contributed by atoms with Crippen LogP contribution in [0.15, 0.2) is 22.7 Å². The molecule has 36 heavy (non-hydrogen) atoms. The maximum atomic E-state index is 12.7. The van der Waals surface area contributed by atoms with Gasteiger partial charge < -0.3 is 24.6 Å². The quantitative estimate of drug-likeness (QED) is 0.563. The first-order valence-electron chi connectivity index (χ1n) is 12.1. The second-order valence-electron chi connectivity index (χ2n) is 10.2. The number of carboxylic acid groups (broad SMARTS) is 1. The summed E-state index contributed by atoms with van der Waals surface area (Å²) in [5, 5.41) is 16.6. The summed E-state index contributed by atoms with van der Waals surface area (Å²) in [4.78, 5) is 42.4. The summed E-state index contributed by atoms with van der Waals surface area (Å²) in [6, 6.07) is 5.01. The van der Waals surface area contributed by atoms with Gasteiger partial charge >= 0.3 is 18.1 Å². The zero-order valence-corrected chi connectivity index (χ0v) is 22.0. The van der Waals surface area contributed by atoms with E-state index in [0.717, 1.165) is 11.3 Å². The summed E-state index contributed by atoms with van der Waals surface area (Å²) in [7, 11) is 1.86. The molecule has 3 rings (SSSR count). The Balaban J connectivity index is 1.88. The molecular formula is C25H36N5O6+. The number of ether oxygens (including phenoxy) is 1. The number of alkyl carbamates (subject to hydrolysis) is 1. The van der Waals surface area contributed by atoms with Gasteiger partial charge in [-0.1, -0.05) is 5.16 Å². The van der Waals surface area contributed by atoms with Gasteiger partial charge in [-0.3, -0.25) is 0 Å². The van der Waals surface area contributed by atoms with Crippen molar-refractivity contribution < 1.29 is 28.8 Å². The number of rotatable bonds is 6. The fourth-order valence-corrected chi connectivity index (χ4v) is 4.61. The minimum atomic E-state index is -1.01. The molecule has 0 bridgehead atoms. The molecule has 196 valence electrons. The lowest BCUT2D eigenvalue weighted by Gasteiger charge is -2.45. The SMILES string of the molecule is CCN(C(=O)O)[C@@H]1C[C@H](C)[N+](C)(C(C)=O)c2ccc(-c3noc(CCNC(=O)OC(C)(C)C)n3)cc21. The Morgan fingerprint density at radius 2 is 2.00 bits per heavy atom. The molecule has 1 unspecified atom stereocenters. The number of nitrogens with one attached hydrogen (secondary N) is 1. The number of aromatic nitrogens is 2. The van der Waals surface area contributed by atoms with Gasteiger partial charge in [0, 0.05) is 43.1 Å². The van der Waals surface area contributed by atoms with E-state index in [-0.39, 0.29) is 23.0 Å². The molecule has 1 aromatic carbocycles. The maximum Gasteiger partial charge on any atom is 0.407 e. The smallest absolute Gasteiger partial charge is 0.407 e. The molecule has 2 N–H and O–H groups in total. The second-order valence-corrected chi connectivity index (χ2v) is 10.2. The van der Waals surface area contributed by atoms with Gasteiger partial charge in [-0.2, -0.15) is 4.98 Å². The normalized spacial score (nSPS) is 21.4. The summed E-state index contributed by atoms with van der Waals surface area (Å²) >= 11 is 0. The van der Waals surface area contributed by atoms with Crippen LogP contribution in [0, 0.1) is 0 Å². The Labute approximate surface area is 211 Å². The fourth-order valence-electron chi connectivity index (χ4n) is 4.61. The van der Waals surface area contributed by atoms with Crippen molar-refractivity contribution in [3.63, 3.8) is 0 Å². The molecule has 1 aliphatic rings. The summed E-state index contributed by atoms with van der Waals surface area (Å²) in [5.74, 6) is 0.666. The van der Waals surface area contributed by atoms with Gasteiger partial charge in [-0.25, -0.2) is 18.9 Å². The van der Waals surface area contributed by atoms with E-state index in [9.17, 15) is 19.5 Å². The first-order chi connectivity index (χ1) is 16.8. The van der Waals surface area contributed by atoms with Gasteiger partial charge in [-0.05, 0) is 46.8 Å². The molecule has 0 spiro atoms. The number of carbonyl (C=O) groups excluding carboxylic acids is 2. The first kappa shape index (κ1) is 27.1. The summed E-state index contributed by atoms with van der Waals surface area (Å²) in [5.41, 5.74) is 1.58. The maximum absolute atomic E-state index is 12.7. The van der Waals surface area contributed by atoms with Crippen molar-refractivity contribution in [3.8, 4) is 11.4 Å². The topological polar surface area (TPSA) is 135 Å². The van der Waals surface area contributed by atoms with Gasteiger partial charge in [0.05, 0.1) is 26.1 Å². The monoisotopic (exact) mass is 502 g/mol. The van der Waals surface area contributed by atoms with Gasteiger partial charge in [0.2, 0.25) is 11.7 Å². The van der Waals surface area contributed by atoms with Crippen LogP contribution in [0.3, 0.4) is 0 Å². The number of hydrogen-bond donors (Lipinski definition) is 2. The number of carbonyl (C=O) groups is 3. The average molecular weight is 503 g/mol. The van der Waals surface area contributed by atoms with Crippen LogP contribution in [-0.2, 0) is 16.0 Å². The van der Waals surface area contributed by atoms with E-state index in [1.54, 1.807) is 34.6 Å². The lowest BCUT2D eigenvalue weighted by atomic mass is 9.87. The highest BCUT2D eigenvalue weighted by atomic mass is 16.6. The Morgan fingerprint density at radius 3 is 2.58 bits per heavy atom. The molecule has 0 aliphatic carbocycles. The van der Waals surface area contributed by atoms with Gasteiger partial charge in [-0.15, -0.1) is 0 Å². The third-order valence-electron chi connectivity index (χ3n) is 6.68. The predicted molar refractivity (Wildman–Crippen MR) is 133 cm³/mol. The number of quaternary nitrogens is 1. The zero-order chi connectivity index (χ0) is 26.8. The molecule has 11 heteroatoms. The molecule has 0 saturated carbocycles. The molecule has 1 aliphatic heterocycles. The van der Waals surface area contributed by atoms with Gasteiger partial charge in [0.1, 0.15) is 11.3 Å². The summed E-state index contributed by atoms with van der Waals surface area (Å²) in [6.07, 6.45) is -0.716. The molecule has 0 radical (unpaired) electrons. The van der Waals surface area contributed by atoms with Crippen LogP contribution in [0.1, 0.15) is 65.5 Å². The van der Waals surface area contributed by atoms with Gasteiger partial charge in [0.15, 0.2) is 0 Å². The van der Waals surface area contributed by atoms with Crippen molar-refractivity contribution >= 4 is 23.8 Å². The lowest BCUT2D eigenvalue weighted by molar-refractivity contribution is -0.129. The van der Waals surface area contributed by atoms with E-state index < -0.39 is 23.8 Å². The second kappa shape index (κ2) is 10.3. The van der Waals surface area contributed by atoms with Gasteiger partial charge in [0.25, 0.3) is 0 Å². The van der Waals surface area contributed by atoms with Crippen LogP contribution >= 0.6 is 0 Å². The van der Waals surface area contributed by atoms with Crippen molar-refractivity contribution in [2.24, 2.45) is 0 Å². The van der Waals surface area contributed by atoms with Crippen molar-refractivity contribution in [2.45, 2.75) is 72.1 Å². The van der Waals surface area contributed by atoms with Crippen LogP contribution in [0.25, 0.3) is 11.4 Å². The Morgan fingerprint density at radius 1 is 1.31 bits per heavy atom. The highest BCUT2D eigenvalue weighted by molar-refractivity contribution is 5.89. The third kappa shape index (κ3) is 5.51. The average Bonchev–Trinajstić information content (AvgIpc) is 3.24. The summed E-state index contributed by atoms with van der Waals surface area (Å²) < 4.78 is 10.7. The molecule has 0 saturated heterocycles. The molecule has 2 aromatic rings. The minimum Gasteiger partial charge on any atom is -0.465 e.